The van der Waals surface area contributed by atoms with E-state index in [1.807, 2.05) is 13.0 Å². The fourth-order valence-electron chi connectivity index (χ4n) is 2.45. The van der Waals surface area contributed by atoms with Gasteiger partial charge < -0.3 is 5.32 Å². The monoisotopic (exact) mass is 340 g/mol. The maximum absolute atomic E-state index is 12.5. The summed E-state index contributed by atoms with van der Waals surface area (Å²) in [5.74, 6) is -0.269. The highest BCUT2D eigenvalue weighted by Crippen LogP contribution is 2.21. The summed E-state index contributed by atoms with van der Waals surface area (Å²) in [7, 11) is 0. The fraction of sp³-hybridized carbons (Fsp3) is 0.438. The predicted molar refractivity (Wildman–Crippen MR) is 82.3 cm³/mol. The number of alkyl halides is 3. The first-order chi connectivity index (χ1) is 11.2. The van der Waals surface area contributed by atoms with Gasteiger partial charge in [-0.05, 0) is 31.9 Å². The van der Waals surface area contributed by atoms with Crippen molar-refractivity contribution in [2.75, 3.05) is 0 Å². The molecular weight excluding hydrogens is 321 g/mol. The number of nitrogens with one attached hydrogen (secondary N) is 1. The first-order valence-electron chi connectivity index (χ1n) is 7.42. The second-order valence-electron chi connectivity index (χ2n) is 5.75. The normalized spacial score (nSPS) is 11.6. The number of aryl methyl sites for hydroxylation is 2. The molecule has 2 rings (SSSR count). The van der Waals surface area contributed by atoms with Gasteiger partial charge in [-0.1, -0.05) is 6.07 Å². The molecule has 0 aliphatic rings. The van der Waals surface area contributed by atoms with Gasteiger partial charge in [-0.15, -0.1) is 0 Å². The smallest absolute Gasteiger partial charge is 0.352 e. The lowest BCUT2D eigenvalue weighted by Crippen LogP contribution is -2.25. The van der Waals surface area contributed by atoms with Crippen LogP contribution < -0.4 is 5.32 Å². The Morgan fingerprint density at radius 1 is 1.25 bits per heavy atom. The van der Waals surface area contributed by atoms with Gasteiger partial charge in [0.2, 0.25) is 5.91 Å². The summed E-state index contributed by atoms with van der Waals surface area (Å²) in [6.07, 6.45) is -0.978. The summed E-state index contributed by atoms with van der Waals surface area (Å²) in [6.45, 7) is 4.21. The maximum atomic E-state index is 12.5. The van der Waals surface area contributed by atoms with Crippen LogP contribution in [0.15, 0.2) is 18.5 Å². The quantitative estimate of drug-likeness (QED) is 0.910. The van der Waals surface area contributed by atoms with Gasteiger partial charge in [-0.3, -0.25) is 14.5 Å². The van der Waals surface area contributed by atoms with Crippen LogP contribution in [-0.2, 0) is 24.3 Å². The van der Waals surface area contributed by atoms with E-state index in [1.165, 1.54) is 0 Å². The van der Waals surface area contributed by atoms with Crippen LogP contribution in [0, 0.1) is 20.8 Å². The summed E-state index contributed by atoms with van der Waals surface area (Å²) in [5.41, 5.74) is 3.17. The van der Waals surface area contributed by atoms with Gasteiger partial charge in [0, 0.05) is 30.2 Å². The molecule has 0 bridgehead atoms. The minimum Gasteiger partial charge on any atom is -0.352 e. The zero-order valence-corrected chi connectivity index (χ0v) is 13.7. The molecule has 0 spiro atoms. The molecule has 0 saturated carbocycles. The zero-order chi connectivity index (χ0) is 17.9. The van der Waals surface area contributed by atoms with E-state index in [4.69, 9.17) is 0 Å². The SMILES string of the molecule is Cc1cncc(CNC(=O)Cc2c(C)nn(CC(F)(F)F)c2C)c1. The Morgan fingerprint density at radius 3 is 2.58 bits per heavy atom. The van der Waals surface area contributed by atoms with Gasteiger partial charge in [-0.2, -0.15) is 18.3 Å². The molecule has 2 heterocycles. The van der Waals surface area contributed by atoms with Gasteiger partial charge in [0.15, 0.2) is 0 Å². The van der Waals surface area contributed by atoms with Crippen molar-refractivity contribution < 1.29 is 18.0 Å². The minimum atomic E-state index is -4.35. The Kier molecular flexibility index (Phi) is 5.26. The number of carbonyl (C=O) groups excluding carboxylic acids is 1. The molecule has 0 saturated heterocycles. The largest absolute Gasteiger partial charge is 0.408 e. The first kappa shape index (κ1) is 18.0. The van der Waals surface area contributed by atoms with Crippen LogP contribution in [0.25, 0.3) is 0 Å². The Labute approximate surface area is 137 Å². The summed E-state index contributed by atoms with van der Waals surface area (Å²) < 4.78 is 38.5. The molecule has 0 radical (unpaired) electrons. The lowest BCUT2D eigenvalue weighted by Gasteiger charge is -2.09. The van der Waals surface area contributed by atoms with E-state index in [0.29, 0.717) is 23.5 Å². The van der Waals surface area contributed by atoms with Gasteiger partial charge >= 0.3 is 6.18 Å². The van der Waals surface area contributed by atoms with Crippen LogP contribution >= 0.6 is 0 Å². The lowest BCUT2D eigenvalue weighted by atomic mass is 10.1. The second kappa shape index (κ2) is 7.02. The lowest BCUT2D eigenvalue weighted by molar-refractivity contribution is -0.142. The number of rotatable bonds is 5. The van der Waals surface area contributed by atoms with Crippen molar-refractivity contribution in [3.05, 3.63) is 46.5 Å². The van der Waals surface area contributed by atoms with Crippen LogP contribution in [0.3, 0.4) is 0 Å². The first-order valence-corrected chi connectivity index (χ1v) is 7.42. The fourth-order valence-corrected chi connectivity index (χ4v) is 2.45. The highest BCUT2D eigenvalue weighted by atomic mass is 19.4. The standard InChI is InChI=1S/C16H19F3N4O/c1-10-4-13(7-20-6-10)8-21-15(24)5-14-11(2)22-23(12(14)3)9-16(17,18)19/h4,6-7H,5,8-9H2,1-3H3,(H,21,24). The number of hydrogen-bond donors (Lipinski definition) is 1. The third-order valence-electron chi connectivity index (χ3n) is 3.62. The molecule has 0 aromatic carbocycles. The van der Waals surface area contributed by atoms with Crippen LogP contribution in [-0.4, -0.2) is 26.8 Å². The Morgan fingerprint density at radius 2 is 1.96 bits per heavy atom. The van der Waals surface area contributed by atoms with Crippen molar-refractivity contribution in [3.63, 3.8) is 0 Å². The molecule has 8 heteroatoms. The molecule has 0 unspecified atom stereocenters. The van der Waals surface area contributed by atoms with Gasteiger partial charge in [0.25, 0.3) is 0 Å². The van der Waals surface area contributed by atoms with E-state index >= 15 is 0 Å². The third-order valence-corrected chi connectivity index (χ3v) is 3.62. The van der Waals surface area contributed by atoms with Gasteiger partial charge in [-0.25, -0.2) is 0 Å². The summed E-state index contributed by atoms with van der Waals surface area (Å²) in [6, 6.07) is 1.91. The van der Waals surface area contributed by atoms with E-state index in [-0.39, 0.29) is 12.3 Å². The van der Waals surface area contributed by atoms with Gasteiger partial charge in [0.1, 0.15) is 6.54 Å². The number of aromatic nitrogens is 3. The van der Waals surface area contributed by atoms with Crippen molar-refractivity contribution in [3.8, 4) is 0 Å². The molecular formula is C16H19F3N4O. The van der Waals surface area contributed by atoms with Crippen molar-refractivity contribution in [1.29, 1.82) is 0 Å². The van der Waals surface area contributed by atoms with Crippen LogP contribution in [0.1, 0.15) is 28.1 Å². The zero-order valence-electron chi connectivity index (χ0n) is 13.7. The molecule has 5 nitrogen and oxygen atoms in total. The average Bonchev–Trinajstić information content (AvgIpc) is 2.71. The second-order valence-corrected chi connectivity index (χ2v) is 5.75. The molecule has 0 fully saturated rings. The summed E-state index contributed by atoms with van der Waals surface area (Å²) >= 11 is 0. The van der Waals surface area contributed by atoms with Crippen molar-refractivity contribution in [2.24, 2.45) is 0 Å². The molecule has 2 aromatic heterocycles. The Balaban J connectivity index is 2.01. The van der Waals surface area contributed by atoms with Gasteiger partial charge in [0.05, 0.1) is 12.1 Å². The topological polar surface area (TPSA) is 59.8 Å². The molecule has 1 N–H and O–H groups in total. The van der Waals surface area contributed by atoms with E-state index in [1.54, 1.807) is 26.2 Å². The summed E-state index contributed by atoms with van der Waals surface area (Å²) in [4.78, 5) is 16.1. The molecule has 24 heavy (non-hydrogen) atoms. The van der Waals surface area contributed by atoms with Crippen molar-refractivity contribution in [1.82, 2.24) is 20.1 Å². The number of hydrogen-bond acceptors (Lipinski definition) is 3. The molecule has 0 aliphatic carbocycles. The van der Waals surface area contributed by atoms with Crippen LogP contribution in [0.2, 0.25) is 0 Å². The van der Waals surface area contributed by atoms with Crippen LogP contribution in [0.5, 0.6) is 0 Å². The van der Waals surface area contributed by atoms with Crippen molar-refractivity contribution >= 4 is 5.91 Å². The van der Waals surface area contributed by atoms with Crippen molar-refractivity contribution in [2.45, 2.75) is 46.5 Å². The molecule has 2 aromatic rings. The Bertz CT molecular complexity index is 737. The highest BCUT2D eigenvalue weighted by molar-refractivity contribution is 5.79. The minimum absolute atomic E-state index is 0.00519. The molecule has 0 aliphatic heterocycles. The average molecular weight is 340 g/mol. The van der Waals surface area contributed by atoms with E-state index in [2.05, 4.69) is 15.4 Å². The Hall–Kier alpha value is -2.38. The maximum Gasteiger partial charge on any atom is 0.408 e. The van der Waals surface area contributed by atoms with E-state index < -0.39 is 12.7 Å². The van der Waals surface area contributed by atoms with E-state index in [9.17, 15) is 18.0 Å². The highest BCUT2D eigenvalue weighted by Gasteiger charge is 2.30. The number of amides is 1. The van der Waals surface area contributed by atoms with E-state index in [0.717, 1.165) is 15.8 Å². The predicted octanol–water partition coefficient (Wildman–Crippen LogP) is 2.62. The number of pyridine rings is 1. The summed E-state index contributed by atoms with van der Waals surface area (Å²) in [5, 5.41) is 6.63. The number of carbonyl (C=O) groups is 1. The third kappa shape index (κ3) is 4.81. The molecule has 130 valence electrons. The number of halogens is 3. The number of nitrogens with zero attached hydrogens (tertiary/aromatic N) is 3. The molecule has 1 amide bonds. The van der Waals surface area contributed by atoms with Crippen LogP contribution in [0.4, 0.5) is 13.2 Å². The molecule has 0 atom stereocenters.